The fraction of sp³-hybridized carbons (Fsp3) is 0.667. The lowest BCUT2D eigenvalue weighted by atomic mass is 9.85. The predicted molar refractivity (Wildman–Crippen MR) is 91.2 cm³/mol. The molecule has 1 heterocycles. The number of nitrogens with one attached hydrogen (secondary N) is 1. The molecular formula is C18H27ClN2. The van der Waals surface area contributed by atoms with Gasteiger partial charge in [-0.3, -0.25) is 0 Å². The number of benzene rings is 1. The van der Waals surface area contributed by atoms with E-state index in [1.807, 2.05) is 6.07 Å². The third-order valence-electron chi connectivity index (χ3n) is 4.92. The van der Waals surface area contributed by atoms with Crippen molar-refractivity contribution in [1.82, 2.24) is 5.32 Å². The van der Waals surface area contributed by atoms with Crippen molar-refractivity contribution in [2.24, 2.45) is 5.41 Å². The van der Waals surface area contributed by atoms with Crippen LogP contribution >= 0.6 is 11.6 Å². The van der Waals surface area contributed by atoms with Gasteiger partial charge in [0.15, 0.2) is 0 Å². The van der Waals surface area contributed by atoms with E-state index >= 15 is 0 Å². The lowest BCUT2D eigenvalue weighted by molar-refractivity contribution is 0.325. The third kappa shape index (κ3) is 3.92. The molecule has 1 N–H and O–H groups in total. The Morgan fingerprint density at radius 1 is 1.24 bits per heavy atom. The van der Waals surface area contributed by atoms with Gasteiger partial charge in [-0.1, -0.05) is 31.5 Å². The molecular weight excluding hydrogens is 280 g/mol. The van der Waals surface area contributed by atoms with Crippen molar-refractivity contribution < 1.29 is 0 Å². The summed E-state index contributed by atoms with van der Waals surface area (Å²) in [7, 11) is 0. The largest absolute Gasteiger partial charge is 0.371 e. The Hall–Kier alpha value is -0.730. The molecule has 0 atom stereocenters. The number of hydrogen-bond donors (Lipinski definition) is 1. The standard InChI is InChI=1S/C18H27ClN2/c1-18(2)9-4-11-21(12-10-18)17-6-3-5-16(19)15(17)13-20-14-7-8-14/h3,5-6,14,20H,4,7-13H2,1-2H3. The molecule has 3 rings (SSSR count). The van der Waals surface area contributed by atoms with Crippen molar-refractivity contribution in [3.8, 4) is 0 Å². The van der Waals surface area contributed by atoms with Crippen LogP contribution in [0.3, 0.4) is 0 Å². The zero-order valence-corrected chi connectivity index (χ0v) is 14.0. The van der Waals surface area contributed by atoms with E-state index in [0.717, 1.165) is 30.7 Å². The van der Waals surface area contributed by atoms with Crippen molar-refractivity contribution in [2.45, 2.75) is 58.5 Å². The Kier molecular flexibility index (Phi) is 4.46. The molecule has 0 spiro atoms. The summed E-state index contributed by atoms with van der Waals surface area (Å²) in [5.74, 6) is 0. The molecule has 0 radical (unpaired) electrons. The van der Waals surface area contributed by atoms with E-state index < -0.39 is 0 Å². The van der Waals surface area contributed by atoms with Gasteiger partial charge in [-0.05, 0) is 49.7 Å². The topological polar surface area (TPSA) is 15.3 Å². The van der Waals surface area contributed by atoms with Gasteiger partial charge < -0.3 is 10.2 Å². The Balaban J connectivity index is 1.77. The quantitative estimate of drug-likeness (QED) is 0.874. The van der Waals surface area contributed by atoms with Crippen LogP contribution in [0.15, 0.2) is 18.2 Å². The lowest BCUT2D eigenvalue weighted by Gasteiger charge is -2.27. The van der Waals surface area contributed by atoms with Gasteiger partial charge in [-0.25, -0.2) is 0 Å². The first-order valence-electron chi connectivity index (χ1n) is 8.31. The molecule has 1 aliphatic carbocycles. The first-order chi connectivity index (χ1) is 10.1. The maximum absolute atomic E-state index is 6.48. The van der Waals surface area contributed by atoms with Gasteiger partial charge in [-0.2, -0.15) is 0 Å². The molecule has 0 unspecified atom stereocenters. The molecule has 116 valence electrons. The number of halogens is 1. The molecule has 3 heteroatoms. The van der Waals surface area contributed by atoms with E-state index in [1.165, 1.54) is 43.4 Å². The summed E-state index contributed by atoms with van der Waals surface area (Å²) in [5.41, 5.74) is 3.10. The van der Waals surface area contributed by atoms with Crippen LogP contribution in [0.5, 0.6) is 0 Å². The molecule has 0 bridgehead atoms. The van der Waals surface area contributed by atoms with E-state index in [2.05, 4.69) is 36.2 Å². The molecule has 1 saturated heterocycles. The van der Waals surface area contributed by atoms with Gasteiger partial charge in [0.1, 0.15) is 0 Å². The average molecular weight is 307 g/mol. The Labute approximate surface area is 133 Å². The van der Waals surface area contributed by atoms with Gasteiger partial charge in [-0.15, -0.1) is 0 Å². The second kappa shape index (κ2) is 6.18. The van der Waals surface area contributed by atoms with Crippen LogP contribution in [-0.2, 0) is 6.54 Å². The normalized spacial score (nSPS) is 22.1. The second-order valence-corrected chi connectivity index (χ2v) is 7.80. The van der Waals surface area contributed by atoms with E-state index in [1.54, 1.807) is 0 Å². The molecule has 1 saturated carbocycles. The van der Waals surface area contributed by atoms with Crippen LogP contribution in [0.4, 0.5) is 5.69 Å². The van der Waals surface area contributed by atoms with Gasteiger partial charge >= 0.3 is 0 Å². The van der Waals surface area contributed by atoms with E-state index in [9.17, 15) is 0 Å². The Morgan fingerprint density at radius 3 is 2.81 bits per heavy atom. The molecule has 2 nitrogen and oxygen atoms in total. The first-order valence-corrected chi connectivity index (χ1v) is 8.69. The summed E-state index contributed by atoms with van der Waals surface area (Å²) in [5, 5.41) is 4.52. The molecule has 0 aromatic heterocycles. The molecule has 1 aromatic carbocycles. The number of rotatable bonds is 4. The number of hydrogen-bond acceptors (Lipinski definition) is 2. The van der Waals surface area contributed by atoms with Gasteiger partial charge in [0.25, 0.3) is 0 Å². The molecule has 1 aromatic rings. The third-order valence-corrected chi connectivity index (χ3v) is 5.27. The van der Waals surface area contributed by atoms with Gasteiger partial charge in [0.2, 0.25) is 0 Å². The molecule has 2 aliphatic rings. The minimum atomic E-state index is 0.472. The van der Waals surface area contributed by atoms with Gasteiger partial charge in [0, 0.05) is 41.9 Å². The fourth-order valence-corrected chi connectivity index (χ4v) is 3.45. The first kappa shape index (κ1) is 15.2. The van der Waals surface area contributed by atoms with Crippen molar-refractivity contribution in [3.63, 3.8) is 0 Å². The zero-order chi connectivity index (χ0) is 14.9. The van der Waals surface area contributed by atoms with E-state index in [4.69, 9.17) is 11.6 Å². The van der Waals surface area contributed by atoms with Crippen molar-refractivity contribution in [1.29, 1.82) is 0 Å². The summed E-state index contributed by atoms with van der Waals surface area (Å²) in [4.78, 5) is 2.55. The van der Waals surface area contributed by atoms with Crippen LogP contribution in [0.2, 0.25) is 5.02 Å². The number of anilines is 1. The second-order valence-electron chi connectivity index (χ2n) is 7.40. The van der Waals surface area contributed by atoms with Crippen molar-refractivity contribution >= 4 is 17.3 Å². The smallest absolute Gasteiger partial charge is 0.0471 e. The summed E-state index contributed by atoms with van der Waals surface area (Å²) in [6.45, 7) is 7.98. The number of nitrogens with zero attached hydrogens (tertiary/aromatic N) is 1. The molecule has 1 aliphatic heterocycles. The summed E-state index contributed by atoms with van der Waals surface area (Å²) in [6.07, 6.45) is 6.49. The summed E-state index contributed by atoms with van der Waals surface area (Å²) >= 11 is 6.48. The van der Waals surface area contributed by atoms with Crippen molar-refractivity contribution in [3.05, 3.63) is 28.8 Å². The zero-order valence-electron chi connectivity index (χ0n) is 13.3. The molecule has 21 heavy (non-hydrogen) atoms. The summed E-state index contributed by atoms with van der Waals surface area (Å²) < 4.78 is 0. The van der Waals surface area contributed by atoms with Crippen LogP contribution < -0.4 is 10.2 Å². The van der Waals surface area contributed by atoms with Crippen LogP contribution in [0.1, 0.15) is 51.5 Å². The van der Waals surface area contributed by atoms with Crippen molar-refractivity contribution in [2.75, 3.05) is 18.0 Å². The Bertz CT molecular complexity index is 494. The average Bonchev–Trinajstić information content (AvgIpc) is 3.25. The highest BCUT2D eigenvalue weighted by Gasteiger charge is 2.25. The maximum Gasteiger partial charge on any atom is 0.0471 e. The maximum atomic E-state index is 6.48. The van der Waals surface area contributed by atoms with Crippen LogP contribution in [0.25, 0.3) is 0 Å². The molecule has 2 fully saturated rings. The predicted octanol–water partition coefficient (Wildman–Crippen LogP) is 4.61. The highest BCUT2D eigenvalue weighted by atomic mass is 35.5. The van der Waals surface area contributed by atoms with Gasteiger partial charge in [0.05, 0.1) is 0 Å². The Morgan fingerprint density at radius 2 is 2.05 bits per heavy atom. The highest BCUT2D eigenvalue weighted by molar-refractivity contribution is 6.31. The SMILES string of the molecule is CC1(C)CCCN(c2cccc(Cl)c2CNC2CC2)CC1. The van der Waals surface area contributed by atoms with Crippen LogP contribution in [-0.4, -0.2) is 19.1 Å². The van der Waals surface area contributed by atoms with E-state index in [-0.39, 0.29) is 0 Å². The lowest BCUT2D eigenvalue weighted by Crippen LogP contribution is -2.27. The minimum absolute atomic E-state index is 0.472. The summed E-state index contributed by atoms with van der Waals surface area (Å²) in [6, 6.07) is 7.08. The minimum Gasteiger partial charge on any atom is -0.371 e. The van der Waals surface area contributed by atoms with Crippen LogP contribution in [0, 0.1) is 5.41 Å². The monoisotopic (exact) mass is 306 g/mol. The molecule has 0 amide bonds. The van der Waals surface area contributed by atoms with E-state index in [0.29, 0.717) is 5.41 Å². The fourth-order valence-electron chi connectivity index (χ4n) is 3.22. The highest BCUT2D eigenvalue weighted by Crippen LogP contribution is 2.34.